The molecule has 7 nitrogen and oxygen atoms in total. The Hall–Kier alpha value is -2.18. The van der Waals surface area contributed by atoms with E-state index in [2.05, 4.69) is 5.32 Å². The van der Waals surface area contributed by atoms with Crippen LogP contribution < -0.4 is 10.9 Å². The second kappa shape index (κ2) is 4.36. The molecule has 0 aromatic carbocycles. The fourth-order valence-corrected chi connectivity index (χ4v) is 1.02. The molecule has 0 aliphatic carbocycles. The van der Waals surface area contributed by atoms with Crippen molar-refractivity contribution >= 4 is 11.6 Å². The van der Waals surface area contributed by atoms with Crippen LogP contribution in [0.5, 0.6) is 0 Å². The first-order chi connectivity index (χ1) is 7.06. The fourth-order valence-electron chi connectivity index (χ4n) is 1.02. The number of hydrogen-bond acceptors (Lipinski definition) is 4. The second-order valence-electron chi connectivity index (χ2n) is 2.76. The number of hydrogen-bond donors (Lipinski definition) is 1. The quantitative estimate of drug-likeness (QED) is 0.538. The summed E-state index contributed by atoms with van der Waals surface area (Å²) in [6.07, 6.45) is 1.32. The molecule has 0 fully saturated rings. The van der Waals surface area contributed by atoms with Crippen LogP contribution in [-0.4, -0.2) is 22.4 Å². The fraction of sp³-hybridized carbons (Fsp3) is 0.250. The lowest BCUT2D eigenvalue weighted by molar-refractivity contribution is -0.386. The zero-order chi connectivity index (χ0) is 11.4. The average molecular weight is 211 g/mol. The van der Waals surface area contributed by atoms with E-state index in [9.17, 15) is 19.7 Å². The summed E-state index contributed by atoms with van der Waals surface area (Å²) in [7, 11) is 1.42. The van der Waals surface area contributed by atoms with Gasteiger partial charge in [0, 0.05) is 19.3 Å². The van der Waals surface area contributed by atoms with Crippen molar-refractivity contribution in [3.05, 3.63) is 38.8 Å². The van der Waals surface area contributed by atoms with Crippen LogP contribution in [0.4, 0.5) is 5.69 Å². The van der Waals surface area contributed by atoms with Crippen molar-refractivity contribution in [1.82, 2.24) is 9.88 Å². The topological polar surface area (TPSA) is 94.2 Å². The predicted molar refractivity (Wildman–Crippen MR) is 51.4 cm³/mol. The van der Waals surface area contributed by atoms with Gasteiger partial charge in [0.05, 0.1) is 4.92 Å². The van der Waals surface area contributed by atoms with Gasteiger partial charge in [-0.2, -0.15) is 0 Å². The van der Waals surface area contributed by atoms with Gasteiger partial charge in [-0.3, -0.25) is 19.7 Å². The second-order valence-corrected chi connectivity index (χ2v) is 2.76. The molecule has 1 aromatic rings. The number of aromatic nitrogens is 1. The number of likely N-dealkylation sites (N-methyl/N-ethyl adjacent to an activating group) is 1. The highest BCUT2D eigenvalue weighted by atomic mass is 16.6. The molecule has 0 saturated heterocycles. The van der Waals surface area contributed by atoms with Crippen molar-refractivity contribution in [2.75, 3.05) is 7.05 Å². The van der Waals surface area contributed by atoms with Crippen LogP contribution in [0, 0.1) is 10.1 Å². The molecule has 0 spiro atoms. The molecule has 0 atom stereocenters. The first kappa shape index (κ1) is 10.9. The standard InChI is InChI=1S/C8H9N3O4/c1-9-7(12)5-10-4-2-3-6(8(10)13)11(14)15/h2-4H,5H2,1H3,(H,9,12). The Morgan fingerprint density at radius 2 is 2.33 bits per heavy atom. The number of carbonyl (C=O) groups excluding carboxylic acids is 1. The van der Waals surface area contributed by atoms with Crippen LogP contribution in [0.3, 0.4) is 0 Å². The number of carbonyl (C=O) groups is 1. The molecule has 1 N–H and O–H groups in total. The summed E-state index contributed by atoms with van der Waals surface area (Å²) in [5.41, 5.74) is -1.33. The van der Waals surface area contributed by atoms with Crippen LogP contribution >= 0.6 is 0 Å². The summed E-state index contributed by atoms with van der Waals surface area (Å²) < 4.78 is 0.983. The van der Waals surface area contributed by atoms with E-state index in [-0.39, 0.29) is 6.54 Å². The molecule has 1 amide bonds. The van der Waals surface area contributed by atoms with E-state index in [0.29, 0.717) is 0 Å². The molecular formula is C8H9N3O4. The molecule has 0 aliphatic rings. The Kier molecular flexibility index (Phi) is 3.17. The summed E-state index contributed by atoms with van der Waals surface area (Å²) in [6.45, 7) is -0.225. The SMILES string of the molecule is CNC(=O)Cn1cccc([N+](=O)[O-])c1=O. The molecule has 1 heterocycles. The van der Waals surface area contributed by atoms with Crippen LogP contribution in [0.1, 0.15) is 0 Å². The van der Waals surface area contributed by atoms with E-state index < -0.39 is 22.1 Å². The molecule has 0 saturated carbocycles. The Morgan fingerprint density at radius 1 is 1.67 bits per heavy atom. The summed E-state index contributed by atoms with van der Waals surface area (Å²) in [6, 6.07) is 2.45. The molecule has 1 aromatic heterocycles. The lowest BCUT2D eigenvalue weighted by Gasteiger charge is -2.03. The summed E-state index contributed by atoms with van der Waals surface area (Å²) >= 11 is 0. The lowest BCUT2D eigenvalue weighted by atomic mass is 10.4. The highest BCUT2D eigenvalue weighted by molar-refractivity contribution is 5.75. The molecular weight excluding hydrogens is 202 g/mol. The van der Waals surface area contributed by atoms with Crippen molar-refractivity contribution in [2.45, 2.75) is 6.54 Å². The van der Waals surface area contributed by atoms with E-state index >= 15 is 0 Å². The molecule has 0 radical (unpaired) electrons. The van der Waals surface area contributed by atoms with Gasteiger partial charge in [0.25, 0.3) is 0 Å². The van der Waals surface area contributed by atoms with Gasteiger partial charge in [0.2, 0.25) is 5.91 Å². The maximum atomic E-state index is 11.4. The van der Waals surface area contributed by atoms with E-state index in [1.54, 1.807) is 0 Å². The van der Waals surface area contributed by atoms with Crippen molar-refractivity contribution in [3.63, 3.8) is 0 Å². The molecule has 7 heteroatoms. The Bertz CT molecular complexity index is 451. The van der Waals surface area contributed by atoms with Crippen LogP contribution in [-0.2, 0) is 11.3 Å². The third-order valence-corrected chi connectivity index (χ3v) is 1.79. The first-order valence-corrected chi connectivity index (χ1v) is 4.10. The van der Waals surface area contributed by atoms with E-state index in [1.807, 2.05) is 0 Å². The number of amides is 1. The molecule has 1 rings (SSSR count). The number of nitro groups is 1. The first-order valence-electron chi connectivity index (χ1n) is 4.10. The zero-order valence-electron chi connectivity index (χ0n) is 7.97. The van der Waals surface area contributed by atoms with Crippen molar-refractivity contribution in [2.24, 2.45) is 0 Å². The van der Waals surface area contributed by atoms with Crippen LogP contribution in [0.25, 0.3) is 0 Å². The van der Waals surface area contributed by atoms with Crippen molar-refractivity contribution < 1.29 is 9.72 Å². The van der Waals surface area contributed by atoms with Crippen LogP contribution in [0.15, 0.2) is 23.1 Å². The highest BCUT2D eigenvalue weighted by Gasteiger charge is 2.14. The van der Waals surface area contributed by atoms with Gasteiger partial charge in [-0.1, -0.05) is 0 Å². The van der Waals surface area contributed by atoms with E-state index in [1.165, 1.54) is 19.3 Å². The third-order valence-electron chi connectivity index (χ3n) is 1.79. The normalized spacial score (nSPS) is 9.67. The Morgan fingerprint density at radius 3 is 2.87 bits per heavy atom. The zero-order valence-corrected chi connectivity index (χ0v) is 7.97. The van der Waals surface area contributed by atoms with Crippen molar-refractivity contribution in [3.8, 4) is 0 Å². The molecule has 0 bridgehead atoms. The van der Waals surface area contributed by atoms with Crippen molar-refractivity contribution in [1.29, 1.82) is 0 Å². The largest absolute Gasteiger partial charge is 0.358 e. The van der Waals surface area contributed by atoms with Crippen LogP contribution in [0.2, 0.25) is 0 Å². The Balaban J connectivity index is 3.11. The predicted octanol–water partition coefficient (Wildman–Crippen LogP) is -0.498. The number of nitrogens with one attached hydrogen (secondary N) is 1. The summed E-state index contributed by atoms with van der Waals surface area (Å²) in [4.78, 5) is 32.0. The number of nitrogens with zero attached hydrogens (tertiary/aromatic N) is 2. The van der Waals surface area contributed by atoms with E-state index in [0.717, 1.165) is 10.6 Å². The number of rotatable bonds is 3. The minimum absolute atomic E-state index is 0.225. The van der Waals surface area contributed by atoms with Gasteiger partial charge >= 0.3 is 11.2 Å². The minimum Gasteiger partial charge on any atom is -0.358 e. The van der Waals surface area contributed by atoms with Gasteiger partial charge in [-0.25, -0.2) is 0 Å². The maximum Gasteiger partial charge on any atom is 0.334 e. The van der Waals surface area contributed by atoms with Gasteiger partial charge in [-0.05, 0) is 6.07 Å². The smallest absolute Gasteiger partial charge is 0.334 e. The maximum absolute atomic E-state index is 11.4. The van der Waals surface area contributed by atoms with Gasteiger partial charge in [0.15, 0.2) is 0 Å². The molecule has 0 unspecified atom stereocenters. The molecule has 80 valence electrons. The summed E-state index contributed by atoms with van der Waals surface area (Å²) in [5.74, 6) is -0.391. The highest BCUT2D eigenvalue weighted by Crippen LogP contribution is 2.01. The minimum atomic E-state index is -0.786. The van der Waals surface area contributed by atoms with Gasteiger partial charge in [-0.15, -0.1) is 0 Å². The summed E-state index contributed by atoms with van der Waals surface area (Å²) in [5, 5.41) is 12.7. The van der Waals surface area contributed by atoms with E-state index in [4.69, 9.17) is 0 Å². The number of pyridine rings is 1. The van der Waals surface area contributed by atoms with Gasteiger partial charge in [0.1, 0.15) is 6.54 Å². The third kappa shape index (κ3) is 2.39. The molecule has 15 heavy (non-hydrogen) atoms. The van der Waals surface area contributed by atoms with Gasteiger partial charge < -0.3 is 9.88 Å². The monoisotopic (exact) mass is 211 g/mol. The average Bonchev–Trinajstić information content (AvgIpc) is 2.20. The molecule has 0 aliphatic heterocycles. The Labute approximate surface area is 84.5 Å². The lowest BCUT2D eigenvalue weighted by Crippen LogP contribution is -2.30.